The first kappa shape index (κ1) is 22.2. The Balaban J connectivity index is 1.55. The molecule has 150 valence electrons. The fourth-order valence-electron chi connectivity index (χ4n) is 2.47. The van der Waals surface area contributed by atoms with Gasteiger partial charge in [0.05, 0.1) is 24.7 Å². The van der Waals surface area contributed by atoms with Gasteiger partial charge in [0.2, 0.25) is 0 Å². The summed E-state index contributed by atoms with van der Waals surface area (Å²) in [6.45, 7) is 8.21. The molecule has 1 aromatic carbocycles. The van der Waals surface area contributed by atoms with Crippen molar-refractivity contribution in [2.75, 3.05) is 31.6 Å². The molecule has 2 aromatic rings. The Morgan fingerprint density at radius 2 is 2.07 bits per heavy atom. The van der Waals surface area contributed by atoms with Crippen LogP contribution in [0.2, 0.25) is 0 Å². The third kappa shape index (κ3) is 7.79. The number of carbonyl (C=O) groups excluding carboxylic acids is 1. The molecule has 7 nitrogen and oxygen atoms in total. The molecular formula is C18H28IN4O3P. The molecule has 27 heavy (non-hydrogen) atoms. The quantitative estimate of drug-likeness (QED) is 0.281. The molecule has 9 heteroatoms. The van der Waals surface area contributed by atoms with Crippen molar-refractivity contribution in [2.45, 2.75) is 39.2 Å². The Morgan fingerprint density at radius 3 is 2.81 bits per heavy atom. The predicted molar refractivity (Wildman–Crippen MR) is 120 cm³/mol. The molecule has 1 heterocycles. The number of nitrogens with zero attached hydrogens (tertiary/aromatic N) is 2. The first-order chi connectivity index (χ1) is 12.9. The number of hydrogen-bond acceptors (Lipinski definition) is 5. The normalized spacial score (nSPS) is 12.0. The van der Waals surface area contributed by atoms with Crippen molar-refractivity contribution in [3.05, 3.63) is 24.4 Å². The molecule has 0 bridgehead atoms. The number of carbonyl (C=O) groups is 1. The van der Waals surface area contributed by atoms with Crippen LogP contribution >= 0.6 is 28.4 Å². The molecule has 2 N–H and O–H groups in total. The molecule has 0 saturated carbocycles. The highest BCUT2D eigenvalue weighted by molar-refractivity contribution is 14.2. The van der Waals surface area contributed by atoms with Crippen molar-refractivity contribution >= 4 is 51.1 Å². The monoisotopic (exact) mass is 506 g/mol. The zero-order valence-corrected chi connectivity index (χ0v) is 19.2. The van der Waals surface area contributed by atoms with E-state index in [-0.39, 0.29) is 6.09 Å². The maximum Gasteiger partial charge on any atom is 0.407 e. The molecule has 1 unspecified atom stereocenters. The highest BCUT2D eigenvalue weighted by atomic mass is 127. The van der Waals surface area contributed by atoms with Gasteiger partial charge in [-0.2, -0.15) is 5.10 Å². The third-order valence-corrected chi connectivity index (χ3v) is 5.53. The Morgan fingerprint density at radius 1 is 1.26 bits per heavy atom. The lowest BCUT2D eigenvalue weighted by molar-refractivity contribution is 0.0524. The SMILES string of the molecule is CC(C)(C)OC(=O)NCCCCOCCNc1cccc2c1cnn2PI. The van der Waals surface area contributed by atoms with Gasteiger partial charge in [0.1, 0.15) is 5.60 Å². The zero-order chi connectivity index (χ0) is 19.7. The van der Waals surface area contributed by atoms with Crippen molar-refractivity contribution < 1.29 is 14.3 Å². The summed E-state index contributed by atoms with van der Waals surface area (Å²) >= 11 is 2.33. The van der Waals surface area contributed by atoms with E-state index >= 15 is 0 Å². The summed E-state index contributed by atoms with van der Waals surface area (Å²) < 4.78 is 12.8. The van der Waals surface area contributed by atoms with Gasteiger partial charge in [-0.25, -0.2) is 9.25 Å². The summed E-state index contributed by atoms with van der Waals surface area (Å²) in [4.78, 5) is 11.5. The third-order valence-electron chi connectivity index (χ3n) is 3.64. The number of rotatable bonds is 10. The standard InChI is InChI=1S/C18H28IN4O3P/c1-18(2,3)26-17(24)21-9-4-5-11-25-12-10-20-15-7-6-8-16-14(15)13-22-23(16)27-19/h6-8,13,20,27H,4-5,9-12H2,1-3H3,(H,21,24). The molecule has 1 atom stereocenters. The van der Waals surface area contributed by atoms with Gasteiger partial charge >= 0.3 is 6.09 Å². The maximum atomic E-state index is 11.5. The smallest absolute Gasteiger partial charge is 0.407 e. The molecule has 0 saturated heterocycles. The molecule has 0 radical (unpaired) electrons. The van der Waals surface area contributed by atoms with Gasteiger partial charge < -0.3 is 20.1 Å². The molecule has 0 aliphatic rings. The van der Waals surface area contributed by atoms with Crippen LogP contribution in [0.1, 0.15) is 33.6 Å². The lowest BCUT2D eigenvalue weighted by Crippen LogP contribution is -2.33. The van der Waals surface area contributed by atoms with Crippen LogP contribution in [0, 0.1) is 0 Å². The van der Waals surface area contributed by atoms with E-state index in [1.807, 2.05) is 37.5 Å². The summed E-state index contributed by atoms with van der Waals surface area (Å²) in [6.07, 6.45) is 3.89. The van der Waals surface area contributed by atoms with E-state index < -0.39 is 5.60 Å². The van der Waals surface area contributed by atoms with Crippen molar-refractivity contribution in [3.63, 3.8) is 0 Å². The van der Waals surface area contributed by atoms with Gasteiger partial charge in [0.15, 0.2) is 0 Å². The number of halogens is 1. The molecule has 0 spiro atoms. The van der Waals surface area contributed by atoms with Crippen LogP contribution in [-0.2, 0) is 9.47 Å². The molecular weight excluding hydrogens is 478 g/mol. The van der Waals surface area contributed by atoms with Crippen molar-refractivity contribution in [1.82, 2.24) is 14.9 Å². The second kappa shape index (κ2) is 11.0. The highest BCUT2D eigenvalue weighted by Crippen LogP contribution is 2.31. The number of aromatic nitrogens is 2. The minimum Gasteiger partial charge on any atom is -0.444 e. The van der Waals surface area contributed by atoms with Crippen LogP contribution in [0.15, 0.2) is 24.4 Å². The number of fused-ring (bicyclic) bond motifs is 1. The van der Waals surface area contributed by atoms with E-state index in [2.05, 4.69) is 49.9 Å². The van der Waals surface area contributed by atoms with E-state index in [9.17, 15) is 4.79 Å². The van der Waals surface area contributed by atoms with Gasteiger partial charge in [0.25, 0.3) is 0 Å². The molecule has 1 aromatic heterocycles. The average molecular weight is 506 g/mol. The number of nitrogens with one attached hydrogen (secondary N) is 2. The fraction of sp³-hybridized carbons (Fsp3) is 0.556. The molecule has 0 fully saturated rings. The summed E-state index contributed by atoms with van der Waals surface area (Å²) in [7, 11) is 0. The van der Waals surface area contributed by atoms with Crippen LogP contribution in [0.4, 0.5) is 10.5 Å². The molecule has 2 rings (SSSR count). The van der Waals surface area contributed by atoms with Crippen LogP contribution in [0.3, 0.4) is 0 Å². The lowest BCUT2D eigenvalue weighted by atomic mass is 10.2. The first-order valence-corrected chi connectivity index (χ1v) is 13.1. The van der Waals surface area contributed by atoms with E-state index in [0.29, 0.717) is 26.1 Å². The van der Waals surface area contributed by atoms with Gasteiger partial charge in [-0.3, -0.25) is 0 Å². The first-order valence-electron chi connectivity index (χ1n) is 9.02. The highest BCUT2D eigenvalue weighted by Gasteiger charge is 2.15. The van der Waals surface area contributed by atoms with Crippen molar-refractivity contribution in [2.24, 2.45) is 0 Å². The number of amides is 1. The van der Waals surface area contributed by atoms with Gasteiger partial charge in [0, 0.05) is 30.8 Å². The number of alkyl carbamates (subject to hydrolysis) is 1. The van der Waals surface area contributed by atoms with Crippen molar-refractivity contribution in [1.29, 1.82) is 0 Å². The van der Waals surface area contributed by atoms with E-state index in [4.69, 9.17) is 9.47 Å². The average Bonchev–Trinajstić information content (AvgIpc) is 3.02. The van der Waals surface area contributed by atoms with Crippen LogP contribution in [0.25, 0.3) is 10.9 Å². The molecule has 1 amide bonds. The van der Waals surface area contributed by atoms with E-state index in [1.165, 1.54) is 0 Å². The topological polar surface area (TPSA) is 77.4 Å². The number of benzene rings is 1. The molecule has 0 aliphatic carbocycles. The second-order valence-corrected chi connectivity index (χ2v) is 9.09. The zero-order valence-electron chi connectivity index (χ0n) is 16.0. The minimum atomic E-state index is -0.459. The summed E-state index contributed by atoms with van der Waals surface area (Å²) in [5.41, 5.74) is 1.77. The van der Waals surface area contributed by atoms with Gasteiger partial charge in [-0.1, -0.05) is 6.07 Å². The van der Waals surface area contributed by atoms with E-state index in [1.54, 1.807) is 0 Å². The number of unbranched alkanes of at least 4 members (excludes halogenated alkanes) is 1. The lowest BCUT2D eigenvalue weighted by Gasteiger charge is -2.19. The Bertz CT molecular complexity index is 733. The largest absolute Gasteiger partial charge is 0.444 e. The van der Waals surface area contributed by atoms with Crippen molar-refractivity contribution in [3.8, 4) is 0 Å². The number of anilines is 1. The summed E-state index contributed by atoms with van der Waals surface area (Å²) in [6, 6.07) is 6.19. The second-order valence-electron chi connectivity index (χ2n) is 7.05. The van der Waals surface area contributed by atoms with Gasteiger partial charge in [-0.05, 0) is 67.8 Å². The predicted octanol–water partition coefficient (Wildman–Crippen LogP) is 4.56. The minimum absolute atomic E-state index is 0.367. The van der Waals surface area contributed by atoms with E-state index in [0.717, 1.165) is 36.0 Å². The maximum absolute atomic E-state index is 11.5. The number of ether oxygens (including phenoxy) is 2. The summed E-state index contributed by atoms with van der Waals surface area (Å²) in [5, 5.41) is 11.7. The Labute approximate surface area is 175 Å². The van der Waals surface area contributed by atoms with Crippen LogP contribution < -0.4 is 10.6 Å². The summed E-state index contributed by atoms with van der Waals surface area (Å²) in [5.74, 6) is 0. The Hall–Kier alpha value is -1.12. The number of hydrogen-bond donors (Lipinski definition) is 2. The van der Waals surface area contributed by atoms with Crippen LogP contribution in [0.5, 0.6) is 0 Å². The molecule has 0 aliphatic heterocycles. The fourth-order valence-corrected chi connectivity index (χ4v) is 4.01. The van der Waals surface area contributed by atoms with Gasteiger partial charge in [-0.15, -0.1) is 0 Å². The van der Waals surface area contributed by atoms with Crippen LogP contribution in [-0.4, -0.2) is 47.5 Å². The Kier molecular flexibility index (Phi) is 9.05.